The van der Waals surface area contributed by atoms with Crippen molar-refractivity contribution >= 4 is 34.1 Å². The molecule has 8 saturated carbocycles. The van der Waals surface area contributed by atoms with E-state index in [9.17, 15) is 0 Å². The van der Waals surface area contributed by atoms with Gasteiger partial charge in [0.15, 0.2) is 0 Å². The van der Waals surface area contributed by atoms with Gasteiger partial charge in [-0.3, -0.25) is 0 Å². The largest absolute Gasteiger partial charge is 0.310 e. The van der Waals surface area contributed by atoms with Crippen molar-refractivity contribution in [1.29, 1.82) is 0 Å². The molecular formula is C75H74N2. The third-order valence-electron chi connectivity index (χ3n) is 21.7. The number of nitrogens with zero attached hydrogens (tertiary/aromatic N) is 2. The van der Waals surface area contributed by atoms with Crippen LogP contribution < -0.4 is 9.80 Å². The molecule has 2 nitrogen and oxygen atoms in total. The molecule has 0 aromatic heterocycles. The van der Waals surface area contributed by atoms with Crippen LogP contribution in [0.1, 0.15) is 135 Å². The van der Waals surface area contributed by atoms with Crippen molar-refractivity contribution in [1.82, 2.24) is 0 Å². The summed E-state index contributed by atoms with van der Waals surface area (Å²) in [4.78, 5) is 5.23. The Morgan fingerprint density at radius 3 is 1.22 bits per heavy atom. The molecule has 0 N–H and O–H groups in total. The Kier molecular flexibility index (Phi) is 10.7. The zero-order valence-corrected chi connectivity index (χ0v) is 45.5. The molecule has 0 radical (unpaired) electrons. The van der Waals surface area contributed by atoms with Crippen LogP contribution in [0.5, 0.6) is 0 Å². The van der Waals surface area contributed by atoms with Gasteiger partial charge in [-0.05, 0) is 283 Å². The van der Waals surface area contributed by atoms with Crippen molar-refractivity contribution in [3.63, 3.8) is 0 Å². The van der Waals surface area contributed by atoms with Gasteiger partial charge in [-0.1, -0.05) is 129 Å². The summed E-state index contributed by atoms with van der Waals surface area (Å²) in [5.74, 6) is 5.59. The first kappa shape index (κ1) is 46.5. The smallest absolute Gasteiger partial charge is 0.0496 e. The monoisotopic (exact) mass is 1000 g/mol. The maximum Gasteiger partial charge on any atom is 0.0496 e. The van der Waals surface area contributed by atoms with Gasteiger partial charge in [0.2, 0.25) is 0 Å². The second kappa shape index (κ2) is 17.7. The number of hydrogen-bond acceptors (Lipinski definition) is 2. The van der Waals surface area contributed by atoms with Crippen LogP contribution in [0, 0.1) is 35.5 Å². The van der Waals surface area contributed by atoms with Gasteiger partial charge in [-0.2, -0.15) is 0 Å². The first-order valence-corrected chi connectivity index (χ1v) is 30.1. The molecule has 0 saturated heterocycles. The van der Waals surface area contributed by atoms with Gasteiger partial charge in [0, 0.05) is 39.5 Å². The minimum Gasteiger partial charge on any atom is -0.310 e. The molecule has 12 bridgehead atoms. The number of hydrogen-bond donors (Lipinski definition) is 0. The van der Waals surface area contributed by atoms with Crippen molar-refractivity contribution in [2.45, 2.75) is 133 Å². The lowest BCUT2D eigenvalue weighted by Crippen LogP contribution is -2.48. The molecule has 2 heteroatoms. The van der Waals surface area contributed by atoms with E-state index in [2.05, 4.69) is 206 Å². The van der Waals surface area contributed by atoms with Crippen LogP contribution in [-0.4, -0.2) is 0 Å². The third-order valence-corrected chi connectivity index (χ3v) is 21.7. The summed E-state index contributed by atoms with van der Waals surface area (Å²) < 4.78 is 0. The quantitative estimate of drug-likeness (QED) is 0.142. The van der Waals surface area contributed by atoms with Crippen molar-refractivity contribution < 1.29 is 0 Å². The van der Waals surface area contributed by atoms with Gasteiger partial charge in [-0.15, -0.1) is 0 Å². The van der Waals surface area contributed by atoms with Crippen molar-refractivity contribution in [2.24, 2.45) is 35.5 Å². The number of anilines is 6. The SMILES string of the molecule is CC1(C)c2cc(-c3ccccc3)ccc2-c2ccc(N(c3ccc(C45CC6CC(CC(C6)C4)C5)cc3)c3cc4ccc3CCc3ccc(c(N(c5ccccc5)c5ccc(C67CC8CC(CC(C8)C6)C7)cc5)c3)CC4)cc21. The maximum atomic E-state index is 2.65. The van der Waals surface area contributed by atoms with E-state index < -0.39 is 0 Å². The predicted octanol–water partition coefficient (Wildman–Crippen LogP) is 19.4. The molecule has 0 atom stereocenters. The van der Waals surface area contributed by atoms with E-state index in [1.807, 2.05) is 0 Å². The molecule has 13 aliphatic carbocycles. The first-order valence-electron chi connectivity index (χ1n) is 30.1. The van der Waals surface area contributed by atoms with E-state index >= 15 is 0 Å². The Labute approximate surface area is 458 Å². The Morgan fingerprint density at radius 2 is 0.740 bits per heavy atom. The molecular weight excluding hydrogens is 929 g/mol. The van der Waals surface area contributed by atoms with E-state index in [4.69, 9.17) is 0 Å². The molecule has 8 fully saturated rings. The summed E-state index contributed by atoms with van der Waals surface area (Å²) in [6, 6.07) is 71.8. The number of aryl methyl sites for hydroxylation is 4. The fourth-order valence-electron chi connectivity index (χ4n) is 18.9. The van der Waals surface area contributed by atoms with E-state index in [0.717, 1.165) is 61.2 Å². The van der Waals surface area contributed by atoms with Gasteiger partial charge < -0.3 is 9.80 Å². The Bertz CT molecular complexity index is 3490. The second-order valence-corrected chi connectivity index (χ2v) is 26.9. The minimum absolute atomic E-state index is 0.158. The van der Waals surface area contributed by atoms with Crippen LogP contribution in [0.3, 0.4) is 0 Å². The predicted molar refractivity (Wildman–Crippen MR) is 320 cm³/mol. The van der Waals surface area contributed by atoms with Gasteiger partial charge >= 0.3 is 0 Å². The highest BCUT2D eigenvalue weighted by molar-refractivity contribution is 5.88. The molecule has 77 heavy (non-hydrogen) atoms. The molecule has 0 unspecified atom stereocenters. The molecule has 0 spiro atoms. The highest BCUT2D eigenvalue weighted by Crippen LogP contribution is 2.63. The fraction of sp³-hybridized carbons (Fsp3) is 0.360. The Morgan fingerprint density at radius 1 is 0.338 bits per heavy atom. The molecule has 0 aliphatic heterocycles. The average molecular weight is 1000 g/mol. The van der Waals surface area contributed by atoms with Crippen LogP contribution in [0.15, 0.2) is 182 Å². The summed E-state index contributed by atoms with van der Waals surface area (Å²) in [6.07, 6.45) is 21.1. The highest BCUT2D eigenvalue weighted by Gasteiger charge is 2.53. The number of rotatable bonds is 9. The van der Waals surface area contributed by atoms with Gasteiger partial charge in [-0.25, -0.2) is 0 Å². The maximum absolute atomic E-state index is 2.65. The fourth-order valence-corrected chi connectivity index (χ4v) is 18.9. The Balaban J connectivity index is 0.767. The zero-order chi connectivity index (χ0) is 51.0. The summed E-state index contributed by atoms with van der Waals surface area (Å²) >= 11 is 0. The summed E-state index contributed by atoms with van der Waals surface area (Å²) in [5, 5.41) is 0. The van der Waals surface area contributed by atoms with Gasteiger partial charge in [0.25, 0.3) is 0 Å². The second-order valence-electron chi connectivity index (χ2n) is 26.9. The lowest BCUT2D eigenvalue weighted by Gasteiger charge is -2.57. The van der Waals surface area contributed by atoms with E-state index in [-0.39, 0.29) is 5.41 Å². The van der Waals surface area contributed by atoms with Crippen molar-refractivity contribution in [3.8, 4) is 22.3 Å². The topological polar surface area (TPSA) is 6.48 Å². The highest BCUT2D eigenvalue weighted by atomic mass is 15.2. The third kappa shape index (κ3) is 7.76. The van der Waals surface area contributed by atoms with Crippen LogP contribution in [-0.2, 0) is 41.9 Å². The molecule has 21 rings (SSSR count). The summed E-state index contributed by atoms with van der Waals surface area (Å²) in [6.45, 7) is 4.89. The lowest BCUT2D eigenvalue weighted by atomic mass is 9.48. The van der Waals surface area contributed by atoms with Crippen molar-refractivity contribution in [3.05, 3.63) is 226 Å². The summed E-state index contributed by atoms with van der Waals surface area (Å²) in [7, 11) is 0. The molecule has 0 amide bonds. The van der Waals surface area contributed by atoms with E-state index in [1.54, 1.807) is 11.1 Å². The van der Waals surface area contributed by atoms with E-state index in [1.165, 1.54) is 167 Å². The Hall–Kier alpha value is -6.64. The first-order chi connectivity index (χ1) is 37.7. The number of para-hydroxylation sites is 1. The molecule has 0 heterocycles. The summed E-state index contributed by atoms with van der Waals surface area (Å²) in [5.41, 5.74) is 25.2. The molecule has 8 aromatic rings. The van der Waals surface area contributed by atoms with Crippen LogP contribution in [0.4, 0.5) is 34.1 Å². The van der Waals surface area contributed by atoms with E-state index in [0.29, 0.717) is 10.8 Å². The normalized spacial score (nSPS) is 27.5. The van der Waals surface area contributed by atoms with Crippen LogP contribution >= 0.6 is 0 Å². The molecule has 8 aromatic carbocycles. The van der Waals surface area contributed by atoms with Crippen LogP contribution in [0.2, 0.25) is 0 Å². The standard InChI is InChI=1S/C75H74N2/c1-73(2)69-41-60(57-9-5-3-6-10-57)21-31-67(69)68-32-30-66(42-70(68)73)77(65-28-24-62(25-29-65)75-46-54-36-55(47-75)38-56(37-54)48-75)72-40-50-14-18-58-17-13-49(15-19-59(72)20-16-50)39-71(58)76(63-11-7-4-8-12-63)64-26-22-61(23-27-64)74-43-51-33-52(44-74)35-53(34-51)45-74/h3-13,16-17,20-32,39-42,51-56H,14-15,18-19,33-38,43-48H2,1-2H3. The number of benzene rings is 8. The average Bonchev–Trinajstić information content (AvgIpc) is 3.68. The minimum atomic E-state index is -0.158. The van der Waals surface area contributed by atoms with Crippen LogP contribution in [0.25, 0.3) is 22.3 Å². The molecule has 13 aliphatic rings. The lowest BCUT2D eigenvalue weighted by molar-refractivity contribution is -0.00530. The molecule has 384 valence electrons. The number of fused-ring (bicyclic) bond motifs is 3. The van der Waals surface area contributed by atoms with Gasteiger partial charge in [0.1, 0.15) is 0 Å². The van der Waals surface area contributed by atoms with Gasteiger partial charge in [0.05, 0.1) is 0 Å². The van der Waals surface area contributed by atoms with Crippen molar-refractivity contribution in [2.75, 3.05) is 9.80 Å². The zero-order valence-electron chi connectivity index (χ0n) is 45.5.